The van der Waals surface area contributed by atoms with Crippen molar-refractivity contribution in [3.05, 3.63) is 70.0 Å². The zero-order chi connectivity index (χ0) is 24.1. The lowest BCUT2D eigenvalue weighted by Crippen LogP contribution is -2.38. The van der Waals surface area contributed by atoms with Crippen LogP contribution < -0.4 is 5.32 Å². The number of H-pyrrole nitrogens is 1. The Hall–Kier alpha value is -2.77. The number of nitrogens with zero attached hydrogens (tertiary/aromatic N) is 3. The highest BCUT2D eigenvalue weighted by molar-refractivity contribution is 7.71. The van der Waals surface area contributed by atoms with Crippen LogP contribution in [-0.2, 0) is 24.4 Å². The fourth-order valence-electron chi connectivity index (χ4n) is 4.89. The summed E-state index contributed by atoms with van der Waals surface area (Å²) in [5.74, 6) is 2.29. The number of aryl methyl sites for hydroxylation is 1. The van der Waals surface area contributed by atoms with Crippen LogP contribution in [0.2, 0.25) is 0 Å². The van der Waals surface area contributed by atoms with Crippen LogP contribution in [0.5, 0.6) is 0 Å². The molecule has 180 valence electrons. The number of hydrogen-bond acceptors (Lipinski definition) is 4. The van der Waals surface area contributed by atoms with Gasteiger partial charge in [0.15, 0.2) is 10.6 Å². The van der Waals surface area contributed by atoms with E-state index in [0.29, 0.717) is 24.3 Å². The SMILES string of the molecule is Cc1ccc(-c2n[nH]c(=S)n2CCC(=O)NCc2ccc(CN3CC(C)CC(C)C3)cc2)cc1. The van der Waals surface area contributed by atoms with Crippen molar-refractivity contribution in [2.75, 3.05) is 13.1 Å². The van der Waals surface area contributed by atoms with Gasteiger partial charge in [-0.05, 0) is 48.5 Å². The van der Waals surface area contributed by atoms with Crippen molar-refractivity contribution in [1.29, 1.82) is 0 Å². The Morgan fingerprint density at radius 1 is 1.06 bits per heavy atom. The van der Waals surface area contributed by atoms with Crippen molar-refractivity contribution in [2.24, 2.45) is 11.8 Å². The lowest BCUT2D eigenvalue weighted by Gasteiger charge is -2.35. The third-order valence-electron chi connectivity index (χ3n) is 6.49. The Kier molecular flexibility index (Phi) is 7.95. The molecule has 1 aliphatic heterocycles. The van der Waals surface area contributed by atoms with Crippen LogP contribution >= 0.6 is 12.2 Å². The molecular weight excluding hydrogens is 442 g/mol. The summed E-state index contributed by atoms with van der Waals surface area (Å²) in [5.41, 5.74) is 4.60. The number of piperidine rings is 1. The van der Waals surface area contributed by atoms with Crippen LogP contribution in [0.3, 0.4) is 0 Å². The molecule has 1 aliphatic rings. The van der Waals surface area contributed by atoms with Crippen LogP contribution in [0.25, 0.3) is 11.4 Å². The third-order valence-corrected chi connectivity index (χ3v) is 6.81. The lowest BCUT2D eigenvalue weighted by molar-refractivity contribution is -0.121. The number of nitrogens with one attached hydrogen (secondary N) is 2. The second kappa shape index (κ2) is 11.1. The first-order valence-corrected chi connectivity index (χ1v) is 12.6. The number of aromatic amines is 1. The quantitative estimate of drug-likeness (QED) is 0.443. The second-order valence-corrected chi connectivity index (χ2v) is 10.2. The monoisotopic (exact) mass is 477 g/mol. The smallest absolute Gasteiger partial charge is 0.222 e. The molecule has 4 rings (SSSR count). The van der Waals surface area contributed by atoms with Gasteiger partial charge in [0.2, 0.25) is 5.91 Å². The largest absolute Gasteiger partial charge is 0.352 e. The average Bonchev–Trinajstić information content (AvgIpc) is 3.17. The summed E-state index contributed by atoms with van der Waals surface area (Å²) in [6.07, 6.45) is 1.67. The number of likely N-dealkylation sites (tertiary alicyclic amines) is 1. The number of rotatable bonds is 8. The maximum atomic E-state index is 12.5. The topological polar surface area (TPSA) is 66.0 Å². The van der Waals surface area contributed by atoms with Gasteiger partial charge in [-0.25, -0.2) is 0 Å². The first-order chi connectivity index (χ1) is 16.4. The van der Waals surface area contributed by atoms with E-state index in [2.05, 4.69) is 58.5 Å². The van der Waals surface area contributed by atoms with Gasteiger partial charge in [0, 0.05) is 44.7 Å². The highest BCUT2D eigenvalue weighted by Gasteiger charge is 2.21. The van der Waals surface area contributed by atoms with Crippen LogP contribution in [0, 0.1) is 23.5 Å². The number of benzene rings is 2. The molecule has 2 N–H and O–H groups in total. The molecule has 0 aliphatic carbocycles. The molecule has 2 unspecified atom stereocenters. The number of hydrogen-bond donors (Lipinski definition) is 2. The van der Waals surface area contributed by atoms with Gasteiger partial charge in [0.25, 0.3) is 0 Å². The van der Waals surface area contributed by atoms with E-state index in [1.165, 1.54) is 30.6 Å². The van der Waals surface area contributed by atoms with Gasteiger partial charge in [-0.2, -0.15) is 5.10 Å². The molecule has 1 aromatic heterocycles. The van der Waals surface area contributed by atoms with Gasteiger partial charge in [0.05, 0.1) is 0 Å². The predicted molar refractivity (Wildman–Crippen MR) is 139 cm³/mol. The molecule has 2 aromatic carbocycles. The molecule has 1 saturated heterocycles. The summed E-state index contributed by atoms with van der Waals surface area (Å²) in [6, 6.07) is 16.7. The fraction of sp³-hybridized carbons (Fsp3) is 0.444. The molecule has 34 heavy (non-hydrogen) atoms. The molecule has 1 fully saturated rings. The first-order valence-electron chi connectivity index (χ1n) is 12.2. The molecule has 0 spiro atoms. The lowest BCUT2D eigenvalue weighted by atomic mass is 9.91. The normalized spacial score (nSPS) is 18.7. The van der Waals surface area contributed by atoms with E-state index < -0.39 is 0 Å². The number of carbonyl (C=O) groups excluding carboxylic acids is 1. The van der Waals surface area contributed by atoms with Crippen molar-refractivity contribution < 1.29 is 4.79 Å². The molecule has 6 nitrogen and oxygen atoms in total. The van der Waals surface area contributed by atoms with E-state index in [1.54, 1.807) is 0 Å². The zero-order valence-electron chi connectivity index (χ0n) is 20.4. The summed E-state index contributed by atoms with van der Waals surface area (Å²) in [7, 11) is 0. The highest BCUT2D eigenvalue weighted by Crippen LogP contribution is 2.22. The van der Waals surface area contributed by atoms with Crippen molar-refractivity contribution in [2.45, 2.75) is 53.2 Å². The Bertz CT molecular complexity index is 1140. The molecule has 7 heteroatoms. The second-order valence-electron chi connectivity index (χ2n) is 9.85. The van der Waals surface area contributed by atoms with E-state index in [0.717, 1.165) is 35.3 Å². The molecule has 0 saturated carbocycles. The van der Waals surface area contributed by atoms with Crippen molar-refractivity contribution in [3.8, 4) is 11.4 Å². The van der Waals surface area contributed by atoms with Gasteiger partial charge in [-0.15, -0.1) is 0 Å². The van der Waals surface area contributed by atoms with E-state index in [4.69, 9.17) is 12.2 Å². The summed E-state index contributed by atoms with van der Waals surface area (Å²) in [6.45, 7) is 11.1. The molecule has 0 bridgehead atoms. The maximum Gasteiger partial charge on any atom is 0.222 e. The highest BCUT2D eigenvalue weighted by atomic mass is 32.1. The molecule has 1 amide bonds. The van der Waals surface area contributed by atoms with Gasteiger partial charge in [-0.3, -0.25) is 19.4 Å². The summed E-state index contributed by atoms with van der Waals surface area (Å²) in [4.78, 5) is 15.1. The van der Waals surface area contributed by atoms with Gasteiger partial charge in [0.1, 0.15) is 0 Å². The minimum atomic E-state index is -0.00155. The van der Waals surface area contributed by atoms with Crippen LogP contribution in [0.4, 0.5) is 0 Å². The van der Waals surface area contributed by atoms with Gasteiger partial charge in [-0.1, -0.05) is 67.9 Å². The van der Waals surface area contributed by atoms with Crippen LogP contribution in [0.1, 0.15) is 43.4 Å². The molecule has 2 atom stereocenters. The van der Waals surface area contributed by atoms with Gasteiger partial charge >= 0.3 is 0 Å². The molecular formula is C27H35N5OS. The van der Waals surface area contributed by atoms with Crippen molar-refractivity contribution in [1.82, 2.24) is 25.0 Å². The van der Waals surface area contributed by atoms with E-state index >= 15 is 0 Å². The van der Waals surface area contributed by atoms with Crippen LogP contribution in [-0.4, -0.2) is 38.7 Å². The fourth-order valence-corrected chi connectivity index (χ4v) is 5.12. The van der Waals surface area contributed by atoms with E-state index in [-0.39, 0.29) is 5.91 Å². The number of amides is 1. The third kappa shape index (κ3) is 6.42. The first kappa shape index (κ1) is 24.4. The Morgan fingerprint density at radius 2 is 1.71 bits per heavy atom. The minimum absolute atomic E-state index is 0.00155. The minimum Gasteiger partial charge on any atom is -0.352 e. The van der Waals surface area contributed by atoms with Gasteiger partial charge < -0.3 is 5.32 Å². The van der Waals surface area contributed by atoms with Crippen LogP contribution in [0.15, 0.2) is 48.5 Å². The zero-order valence-corrected chi connectivity index (χ0v) is 21.2. The molecule has 2 heterocycles. The Morgan fingerprint density at radius 3 is 2.38 bits per heavy atom. The number of aromatic nitrogens is 3. The summed E-state index contributed by atoms with van der Waals surface area (Å²) < 4.78 is 2.41. The standard InChI is InChI=1S/C27H35N5OS/c1-19-4-10-24(11-5-19)26-29-30-27(34)32(26)13-12-25(33)28-15-22-6-8-23(9-7-22)18-31-16-20(2)14-21(3)17-31/h4-11,20-21H,12-18H2,1-3H3,(H,28,33)(H,30,34). The van der Waals surface area contributed by atoms with Crippen molar-refractivity contribution in [3.63, 3.8) is 0 Å². The molecule has 0 radical (unpaired) electrons. The number of carbonyl (C=O) groups is 1. The average molecular weight is 478 g/mol. The Balaban J connectivity index is 1.27. The van der Waals surface area contributed by atoms with E-state index in [9.17, 15) is 4.79 Å². The summed E-state index contributed by atoms with van der Waals surface area (Å²) in [5, 5.41) is 10.2. The van der Waals surface area contributed by atoms with E-state index in [1.807, 2.05) is 35.8 Å². The molecule has 3 aromatic rings. The van der Waals surface area contributed by atoms with Crippen molar-refractivity contribution >= 4 is 18.1 Å². The maximum absolute atomic E-state index is 12.5. The predicted octanol–water partition coefficient (Wildman–Crippen LogP) is 5.10. The Labute approximate surface area is 207 Å². The summed E-state index contributed by atoms with van der Waals surface area (Å²) >= 11 is 5.39.